The van der Waals surface area contributed by atoms with Crippen molar-refractivity contribution in [3.63, 3.8) is 0 Å². The van der Waals surface area contributed by atoms with E-state index in [-0.39, 0.29) is 0 Å². The van der Waals surface area contributed by atoms with Crippen LogP contribution in [-0.4, -0.2) is 63.0 Å². The van der Waals surface area contributed by atoms with Gasteiger partial charge in [0, 0.05) is 13.3 Å². The van der Waals surface area contributed by atoms with Crippen LogP contribution in [0.25, 0.3) is 0 Å². The summed E-state index contributed by atoms with van der Waals surface area (Å²) in [7, 11) is 2.93. The molecular formula is C14H20N2O5. The third-order valence-corrected chi connectivity index (χ3v) is 2.41. The third kappa shape index (κ3) is 7.46. The van der Waals surface area contributed by atoms with E-state index in [9.17, 15) is 4.79 Å². The maximum absolute atomic E-state index is 11.2. The van der Waals surface area contributed by atoms with Crippen molar-refractivity contribution in [3.8, 4) is 11.8 Å². The van der Waals surface area contributed by atoms with Crippen LogP contribution in [0.4, 0.5) is 0 Å². The highest BCUT2D eigenvalue weighted by Crippen LogP contribution is 1.99. The van der Waals surface area contributed by atoms with Gasteiger partial charge in [-0.3, -0.25) is 4.68 Å². The quantitative estimate of drug-likeness (QED) is 0.372. The lowest BCUT2D eigenvalue weighted by atomic mass is 10.4. The Kier molecular flexibility index (Phi) is 8.88. The molecule has 21 heavy (non-hydrogen) atoms. The van der Waals surface area contributed by atoms with Crippen molar-refractivity contribution in [2.45, 2.75) is 6.54 Å². The summed E-state index contributed by atoms with van der Waals surface area (Å²) < 4.78 is 21.6. The Labute approximate surface area is 124 Å². The van der Waals surface area contributed by atoms with Gasteiger partial charge in [0.1, 0.15) is 13.2 Å². The van der Waals surface area contributed by atoms with Gasteiger partial charge in [-0.15, -0.1) is 0 Å². The fraction of sp³-hybridized carbons (Fsp3) is 0.571. The van der Waals surface area contributed by atoms with Gasteiger partial charge in [-0.2, -0.15) is 5.10 Å². The van der Waals surface area contributed by atoms with E-state index in [4.69, 9.17) is 14.2 Å². The number of carbonyl (C=O) groups is 1. The summed E-state index contributed by atoms with van der Waals surface area (Å²) in [6.07, 6.45) is 3.09. The van der Waals surface area contributed by atoms with Crippen LogP contribution in [0.2, 0.25) is 0 Å². The molecule has 0 aromatic carbocycles. The molecule has 0 unspecified atom stereocenters. The topological polar surface area (TPSA) is 71.8 Å². The minimum atomic E-state index is -0.398. The highest BCUT2D eigenvalue weighted by molar-refractivity contribution is 5.88. The predicted octanol–water partition coefficient (Wildman–Crippen LogP) is 0.353. The average Bonchev–Trinajstić information content (AvgIpc) is 2.97. The van der Waals surface area contributed by atoms with Crippen LogP contribution in [0.5, 0.6) is 0 Å². The first kappa shape index (κ1) is 17.2. The van der Waals surface area contributed by atoms with E-state index in [1.54, 1.807) is 18.0 Å². The molecule has 0 aliphatic carbocycles. The van der Waals surface area contributed by atoms with E-state index in [0.29, 0.717) is 45.1 Å². The first-order valence-electron chi connectivity index (χ1n) is 6.49. The molecule has 7 heteroatoms. The lowest BCUT2D eigenvalue weighted by Crippen LogP contribution is -2.10. The smallest absolute Gasteiger partial charge is 0.341 e. The standard InChI is InChI=1S/C14H20N2O5/c1-18-6-3-4-7-20-9-10-21-8-5-16-12-13(11-15-16)14(17)19-2/h11-12H,5-10H2,1-2H3. The lowest BCUT2D eigenvalue weighted by molar-refractivity contribution is 0.0554. The van der Waals surface area contributed by atoms with Crippen LogP contribution in [0.1, 0.15) is 10.4 Å². The number of methoxy groups -OCH3 is 2. The van der Waals surface area contributed by atoms with Gasteiger partial charge >= 0.3 is 5.97 Å². The van der Waals surface area contributed by atoms with Crippen LogP contribution in [0.15, 0.2) is 12.4 Å². The molecule has 0 N–H and O–H groups in total. The van der Waals surface area contributed by atoms with Crippen molar-refractivity contribution in [1.82, 2.24) is 9.78 Å². The van der Waals surface area contributed by atoms with Crippen LogP contribution in [0, 0.1) is 11.8 Å². The molecule has 7 nitrogen and oxygen atoms in total. The average molecular weight is 296 g/mol. The molecule has 0 saturated heterocycles. The predicted molar refractivity (Wildman–Crippen MR) is 74.9 cm³/mol. The van der Waals surface area contributed by atoms with Gasteiger partial charge in [0.05, 0.1) is 45.2 Å². The molecule has 116 valence electrons. The zero-order chi connectivity index (χ0) is 15.3. The number of nitrogens with zero attached hydrogens (tertiary/aromatic N) is 2. The van der Waals surface area contributed by atoms with Crippen LogP contribution in [0.3, 0.4) is 0 Å². The first-order chi connectivity index (χ1) is 10.3. The van der Waals surface area contributed by atoms with Crippen LogP contribution >= 0.6 is 0 Å². The number of rotatable bonds is 9. The Balaban J connectivity index is 2.03. The number of esters is 1. The van der Waals surface area contributed by atoms with Gasteiger partial charge in [-0.25, -0.2) is 4.79 Å². The van der Waals surface area contributed by atoms with E-state index in [1.165, 1.54) is 13.3 Å². The zero-order valence-corrected chi connectivity index (χ0v) is 12.3. The summed E-state index contributed by atoms with van der Waals surface area (Å²) in [4.78, 5) is 11.2. The summed E-state index contributed by atoms with van der Waals surface area (Å²) in [5.74, 6) is 5.20. The Bertz CT molecular complexity index is 475. The summed E-state index contributed by atoms with van der Waals surface area (Å²) >= 11 is 0. The molecule has 0 saturated carbocycles. The number of ether oxygens (including phenoxy) is 4. The van der Waals surface area contributed by atoms with Crippen molar-refractivity contribution in [1.29, 1.82) is 0 Å². The van der Waals surface area contributed by atoms with E-state index >= 15 is 0 Å². The first-order valence-corrected chi connectivity index (χ1v) is 6.49. The monoisotopic (exact) mass is 296 g/mol. The minimum Gasteiger partial charge on any atom is -0.465 e. The van der Waals surface area contributed by atoms with Crippen molar-refractivity contribution >= 4 is 5.97 Å². The van der Waals surface area contributed by atoms with E-state index in [1.807, 2.05) is 0 Å². The normalized spacial score (nSPS) is 10.0. The number of hydrogen-bond donors (Lipinski definition) is 0. The molecule has 1 aromatic heterocycles. The fourth-order valence-electron chi connectivity index (χ4n) is 1.38. The van der Waals surface area contributed by atoms with Crippen molar-refractivity contribution in [2.75, 3.05) is 47.3 Å². The molecule has 0 bridgehead atoms. The van der Waals surface area contributed by atoms with Gasteiger partial charge in [-0.05, 0) is 0 Å². The van der Waals surface area contributed by atoms with E-state index in [0.717, 1.165) is 0 Å². The third-order valence-electron chi connectivity index (χ3n) is 2.41. The van der Waals surface area contributed by atoms with Crippen LogP contribution in [-0.2, 0) is 25.5 Å². The molecule has 0 atom stereocenters. The summed E-state index contributed by atoms with van der Waals surface area (Å²) in [5.41, 5.74) is 0.426. The zero-order valence-electron chi connectivity index (χ0n) is 12.3. The summed E-state index contributed by atoms with van der Waals surface area (Å²) in [6, 6.07) is 0. The Hall–Kier alpha value is -1.88. The SMILES string of the molecule is COCC#CCOCCOCCn1cc(C(=O)OC)cn1. The summed E-state index contributed by atoms with van der Waals surface area (Å²) in [5, 5.41) is 4.04. The highest BCUT2D eigenvalue weighted by Gasteiger charge is 2.07. The van der Waals surface area contributed by atoms with Crippen LogP contribution < -0.4 is 0 Å². The minimum absolute atomic E-state index is 0.369. The highest BCUT2D eigenvalue weighted by atomic mass is 16.5. The Morgan fingerprint density at radius 3 is 2.71 bits per heavy atom. The molecule has 0 fully saturated rings. The van der Waals surface area contributed by atoms with Gasteiger partial charge in [0.2, 0.25) is 0 Å². The molecule has 1 heterocycles. The maximum Gasteiger partial charge on any atom is 0.341 e. The van der Waals surface area contributed by atoms with Gasteiger partial charge in [0.15, 0.2) is 0 Å². The second-order valence-corrected chi connectivity index (χ2v) is 3.94. The number of carbonyl (C=O) groups excluding carboxylic acids is 1. The number of hydrogen-bond acceptors (Lipinski definition) is 6. The van der Waals surface area contributed by atoms with Crippen molar-refractivity contribution in [3.05, 3.63) is 18.0 Å². The number of aromatic nitrogens is 2. The van der Waals surface area contributed by atoms with E-state index < -0.39 is 5.97 Å². The second kappa shape index (κ2) is 10.9. The molecular weight excluding hydrogens is 276 g/mol. The molecule has 0 radical (unpaired) electrons. The maximum atomic E-state index is 11.2. The molecule has 0 spiro atoms. The largest absolute Gasteiger partial charge is 0.465 e. The van der Waals surface area contributed by atoms with Gasteiger partial charge in [-0.1, -0.05) is 11.8 Å². The second-order valence-electron chi connectivity index (χ2n) is 3.94. The van der Waals surface area contributed by atoms with Gasteiger partial charge in [0.25, 0.3) is 0 Å². The molecule has 0 amide bonds. The molecule has 1 aromatic rings. The fourth-order valence-corrected chi connectivity index (χ4v) is 1.38. The lowest BCUT2D eigenvalue weighted by Gasteiger charge is -2.04. The van der Waals surface area contributed by atoms with E-state index in [2.05, 4.69) is 21.7 Å². The van der Waals surface area contributed by atoms with Gasteiger partial charge < -0.3 is 18.9 Å². The molecule has 0 aliphatic rings. The summed E-state index contributed by atoms with van der Waals surface area (Å²) in [6.45, 7) is 2.79. The Morgan fingerprint density at radius 1 is 1.19 bits per heavy atom. The Morgan fingerprint density at radius 2 is 1.95 bits per heavy atom. The molecule has 1 rings (SSSR count). The van der Waals surface area contributed by atoms with Crippen molar-refractivity contribution < 1.29 is 23.7 Å². The van der Waals surface area contributed by atoms with Crippen molar-refractivity contribution in [2.24, 2.45) is 0 Å². The molecule has 0 aliphatic heterocycles.